The summed E-state index contributed by atoms with van der Waals surface area (Å²) in [5.41, 5.74) is 0. The Morgan fingerprint density at radius 1 is 1.83 bits per heavy atom. The highest BCUT2D eigenvalue weighted by Gasteiger charge is 2.08. The molecule has 0 saturated carbocycles. The molecule has 0 fully saturated rings. The fourth-order valence-electron chi connectivity index (χ4n) is 0.748. The number of rotatable bonds is 3. The fraction of sp³-hybridized carbons (Fsp3) is 0.375. The van der Waals surface area contributed by atoms with Crippen LogP contribution in [0.1, 0.15) is 16.6 Å². The lowest BCUT2D eigenvalue weighted by molar-refractivity contribution is 0.0926. The SMILES string of the molecule is C[C@H](CO)NC(=O)c1cccs1. The Hall–Kier alpha value is -0.870. The summed E-state index contributed by atoms with van der Waals surface area (Å²) in [7, 11) is 0. The molecule has 1 heterocycles. The Labute approximate surface area is 75.0 Å². The highest BCUT2D eigenvalue weighted by Crippen LogP contribution is 2.07. The van der Waals surface area contributed by atoms with E-state index in [-0.39, 0.29) is 18.6 Å². The van der Waals surface area contributed by atoms with E-state index in [4.69, 9.17) is 5.11 Å². The predicted molar refractivity (Wildman–Crippen MR) is 48.3 cm³/mol. The summed E-state index contributed by atoms with van der Waals surface area (Å²) in [6, 6.07) is 3.40. The standard InChI is InChI=1S/C8H11NO2S/c1-6(5-10)9-8(11)7-3-2-4-12-7/h2-4,6,10H,5H2,1H3,(H,9,11)/t6-/m1/s1. The van der Waals surface area contributed by atoms with Gasteiger partial charge in [-0.05, 0) is 18.4 Å². The van der Waals surface area contributed by atoms with Crippen LogP contribution >= 0.6 is 11.3 Å². The van der Waals surface area contributed by atoms with Crippen LogP contribution < -0.4 is 5.32 Å². The van der Waals surface area contributed by atoms with Crippen LogP contribution in [0.3, 0.4) is 0 Å². The van der Waals surface area contributed by atoms with E-state index in [1.165, 1.54) is 11.3 Å². The fourth-order valence-corrected chi connectivity index (χ4v) is 1.38. The van der Waals surface area contributed by atoms with E-state index in [0.717, 1.165) is 0 Å². The van der Waals surface area contributed by atoms with Crippen molar-refractivity contribution in [3.63, 3.8) is 0 Å². The van der Waals surface area contributed by atoms with Crippen LogP contribution in [0.2, 0.25) is 0 Å². The summed E-state index contributed by atoms with van der Waals surface area (Å²) in [5.74, 6) is -0.119. The number of aliphatic hydroxyl groups is 1. The molecule has 0 aliphatic rings. The molecule has 1 rings (SSSR count). The van der Waals surface area contributed by atoms with E-state index in [9.17, 15) is 4.79 Å². The van der Waals surface area contributed by atoms with E-state index in [1.54, 1.807) is 13.0 Å². The van der Waals surface area contributed by atoms with Gasteiger partial charge in [0.1, 0.15) is 0 Å². The maximum absolute atomic E-state index is 11.3. The quantitative estimate of drug-likeness (QED) is 0.733. The van der Waals surface area contributed by atoms with Gasteiger partial charge in [-0.2, -0.15) is 0 Å². The Kier molecular flexibility index (Phi) is 3.25. The van der Waals surface area contributed by atoms with Gasteiger partial charge in [-0.15, -0.1) is 11.3 Å². The zero-order valence-electron chi connectivity index (χ0n) is 6.78. The zero-order chi connectivity index (χ0) is 8.97. The maximum Gasteiger partial charge on any atom is 0.261 e. The third-order valence-electron chi connectivity index (χ3n) is 1.40. The number of aliphatic hydroxyl groups excluding tert-OH is 1. The monoisotopic (exact) mass is 185 g/mol. The van der Waals surface area contributed by atoms with Crippen LogP contribution in [0.15, 0.2) is 17.5 Å². The summed E-state index contributed by atoms with van der Waals surface area (Å²) in [5, 5.41) is 13.2. The van der Waals surface area contributed by atoms with E-state index in [1.807, 2.05) is 11.4 Å². The molecule has 0 radical (unpaired) electrons. The van der Waals surface area contributed by atoms with Crippen molar-refractivity contribution >= 4 is 17.2 Å². The van der Waals surface area contributed by atoms with Crippen LogP contribution in [0.4, 0.5) is 0 Å². The van der Waals surface area contributed by atoms with Gasteiger partial charge in [-0.1, -0.05) is 6.07 Å². The molecular formula is C8H11NO2S. The molecule has 3 nitrogen and oxygen atoms in total. The zero-order valence-corrected chi connectivity index (χ0v) is 7.60. The number of nitrogens with one attached hydrogen (secondary N) is 1. The van der Waals surface area contributed by atoms with Gasteiger partial charge in [0.15, 0.2) is 0 Å². The lowest BCUT2D eigenvalue weighted by atomic mass is 10.3. The van der Waals surface area contributed by atoms with E-state index in [2.05, 4.69) is 5.32 Å². The molecule has 0 aromatic carbocycles. The van der Waals surface area contributed by atoms with Gasteiger partial charge in [-0.3, -0.25) is 4.79 Å². The van der Waals surface area contributed by atoms with Crippen molar-refractivity contribution in [3.05, 3.63) is 22.4 Å². The van der Waals surface area contributed by atoms with Gasteiger partial charge in [0.25, 0.3) is 5.91 Å². The van der Waals surface area contributed by atoms with E-state index in [0.29, 0.717) is 4.88 Å². The first-order valence-corrected chi connectivity index (χ1v) is 4.57. The molecule has 1 aromatic heterocycles. The van der Waals surface area contributed by atoms with Crippen molar-refractivity contribution in [3.8, 4) is 0 Å². The molecule has 12 heavy (non-hydrogen) atoms. The average Bonchev–Trinajstić information content (AvgIpc) is 2.56. The Balaban J connectivity index is 2.50. The third kappa shape index (κ3) is 2.32. The topological polar surface area (TPSA) is 49.3 Å². The van der Waals surface area contributed by atoms with Crippen LogP contribution in [-0.4, -0.2) is 23.7 Å². The summed E-state index contributed by atoms with van der Waals surface area (Å²) in [4.78, 5) is 11.9. The Bertz CT molecular complexity index is 246. The van der Waals surface area contributed by atoms with Crippen LogP contribution in [0, 0.1) is 0 Å². The molecule has 0 unspecified atom stereocenters. The third-order valence-corrected chi connectivity index (χ3v) is 2.26. The number of hydrogen-bond acceptors (Lipinski definition) is 3. The van der Waals surface area contributed by atoms with Crippen LogP contribution in [0.25, 0.3) is 0 Å². The first kappa shape index (κ1) is 9.22. The second kappa shape index (κ2) is 4.23. The Morgan fingerprint density at radius 2 is 2.58 bits per heavy atom. The minimum atomic E-state index is -0.181. The number of hydrogen-bond donors (Lipinski definition) is 2. The second-order valence-corrected chi connectivity index (χ2v) is 3.48. The summed E-state index contributed by atoms with van der Waals surface area (Å²) in [6.45, 7) is 1.72. The lowest BCUT2D eigenvalue weighted by Crippen LogP contribution is -2.34. The van der Waals surface area contributed by atoms with Crippen molar-refractivity contribution in [2.75, 3.05) is 6.61 Å². The largest absolute Gasteiger partial charge is 0.394 e. The highest BCUT2D eigenvalue weighted by atomic mass is 32.1. The van der Waals surface area contributed by atoms with Crippen molar-refractivity contribution < 1.29 is 9.90 Å². The normalized spacial score (nSPS) is 12.5. The average molecular weight is 185 g/mol. The minimum Gasteiger partial charge on any atom is -0.394 e. The maximum atomic E-state index is 11.3. The number of amides is 1. The van der Waals surface area contributed by atoms with Crippen molar-refractivity contribution in [2.24, 2.45) is 0 Å². The van der Waals surface area contributed by atoms with Gasteiger partial charge in [0.2, 0.25) is 0 Å². The molecule has 2 N–H and O–H groups in total. The molecule has 66 valence electrons. The van der Waals surface area contributed by atoms with Crippen LogP contribution in [0.5, 0.6) is 0 Å². The second-order valence-electron chi connectivity index (χ2n) is 2.53. The molecule has 0 aliphatic heterocycles. The molecule has 0 aliphatic carbocycles. The molecule has 0 saturated heterocycles. The molecule has 1 aromatic rings. The molecule has 1 amide bonds. The van der Waals surface area contributed by atoms with Gasteiger partial charge in [0, 0.05) is 6.04 Å². The van der Waals surface area contributed by atoms with Gasteiger partial charge in [0.05, 0.1) is 11.5 Å². The first-order chi connectivity index (χ1) is 5.74. The number of carbonyl (C=O) groups is 1. The minimum absolute atomic E-state index is 0.0306. The smallest absolute Gasteiger partial charge is 0.261 e. The van der Waals surface area contributed by atoms with Gasteiger partial charge >= 0.3 is 0 Å². The van der Waals surface area contributed by atoms with Crippen molar-refractivity contribution in [2.45, 2.75) is 13.0 Å². The van der Waals surface area contributed by atoms with Gasteiger partial charge in [-0.25, -0.2) is 0 Å². The summed E-state index contributed by atoms with van der Waals surface area (Å²) < 4.78 is 0. The first-order valence-electron chi connectivity index (χ1n) is 3.69. The molecular weight excluding hydrogens is 174 g/mol. The lowest BCUT2D eigenvalue weighted by Gasteiger charge is -2.08. The Morgan fingerprint density at radius 3 is 3.08 bits per heavy atom. The summed E-state index contributed by atoms with van der Waals surface area (Å²) in [6.07, 6.45) is 0. The van der Waals surface area contributed by atoms with E-state index < -0.39 is 0 Å². The van der Waals surface area contributed by atoms with Crippen molar-refractivity contribution in [1.29, 1.82) is 0 Å². The molecule has 4 heteroatoms. The van der Waals surface area contributed by atoms with Gasteiger partial charge < -0.3 is 10.4 Å². The predicted octanol–water partition coefficient (Wildman–Crippen LogP) is 0.859. The molecule has 0 spiro atoms. The number of thiophene rings is 1. The number of carbonyl (C=O) groups excluding carboxylic acids is 1. The summed E-state index contributed by atoms with van der Waals surface area (Å²) >= 11 is 1.39. The van der Waals surface area contributed by atoms with Crippen LogP contribution in [-0.2, 0) is 0 Å². The molecule has 1 atom stereocenters. The van der Waals surface area contributed by atoms with E-state index >= 15 is 0 Å². The highest BCUT2D eigenvalue weighted by molar-refractivity contribution is 7.12. The van der Waals surface area contributed by atoms with Crippen molar-refractivity contribution in [1.82, 2.24) is 5.32 Å². The molecule has 0 bridgehead atoms.